The Morgan fingerprint density at radius 2 is 2.11 bits per heavy atom. The van der Waals surface area contributed by atoms with Gasteiger partial charge in [0.1, 0.15) is 0 Å². The van der Waals surface area contributed by atoms with Gasteiger partial charge in [-0.25, -0.2) is 4.98 Å². The van der Waals surface area contributed by atoms with E-state index in [2.05, 4.69) is 33.1 Å². The normalized spacial score (nSPS) is 18.3. The van der Waals surface area contributed by atoms with E-state index in [1.54, 1.807) is 11.8 Å². The first kappa shape index (κ1) is 18.7. The molecule has 4 rings (SSSR count). The maximum absolute atomic E-state index is 6.30. The highest BCUT2D eigenvalue weighted by molar-refractivity contribution is 7.99. The van der Waals surface area contributed by atoms with Crippen LogP contribution >= 0.6 is 23.4 Å². The highest BCUT2D eigenvalue weighted by Crippen LogP contribution is 2.23. The Labute approximate surface area is 167 Å². The molecule has 0 radical (unpaired) electrons. The predicted octanol–water partition coefficient (Wildman–Crippen LogP) is 3.39. The van der Waals surface area contributed by atoms with Crippen LogP contribution in [-0.4, -0.2) is 56.0 Å². The van der Waals surface area contributed by atoms with Crippen molar-refractivity contribution < 1.29 is 4.74 Å². The van der Waals surface area contributed by atoms with Crippen LogP contribution in [0.2, 0.25) is 5.02 Å². The van der Waals surface area contributed by atoms with Crippen LogP contribution in [0.3, 0.4) is 0 Å². The van der Waals surface area contributed by atoms with Crippen molar-refractivity contribution in [3.63, 3.8) is 0 Å². The molecule has 1 atom stereocenters. The molecule has 8 heteroatoms. The van der Waals surface area contributed by atoms with E-state index >= 15 is 0 Å². The highest BCUT2D eigenvalue weighted by atomic mass is 35.5. The van der Waals surface area contributed by atoms with E-state index in [1.165, 1.54) is 0 Å². The molecular formula is C19H22ClN5OS. The number of aromatic nitrogens is 4. The van der Waals surface area contributed by atoms with Gasteiger partial charge in [0, 0.05) is 41.8 Å². The third kappa shape index (κ3) is 4.27. The topological polar surface area (TPSA) is 55.6 Å². The number of fused-ring (bicyclic) bond motifs is 1. The van der Waals surface area contributed by atoms with Gasteiger partial charge >= 0.3 is 0 Å². The number of morpholine rings is 1. The second-order valence-corrected chi connectivity index (χ2v) is 8.18. The smallest absolute Gasteiger partial charge is 0.256 e. The van der Waals surface area contributed by atoms with Crippen LogP contribution in [0.1, 0.15) is 17.0 Å². The SMILES string of the molecule is Cc1cc(C)n2c(SC[C@@H]3CN(Cc4ccccc4Cl)CCO3)nnc2n1. The monoisotopic (exact) mass is 403 g/mol. The lowest BCUT2D eigenvalue weighted by molar-refractivity contribution is -0.0187. The maximum atomic E-state index is 6.30. The van der Waals surface area contributed by atoms with Gasteiger partial charge in [-0.15, -0.1) is 10.2 Å². The summed E-state index contributed by atoms with van der Waals surface area (Å²) in [5.41, 5.74) is 3.21. The predicted molar refractivity (Wildman–Crippen MR) is 107 cm³/mol. The molecule has 2 aromatic heterocycles. The Morgan fingerprint density at radius 3 is 2.96 bits per heavy atom. The molecule has 1 aliphatic heterocycles. The third-order valence-electron chi connectivity index (χ3n) is 4.64. The number of rotatable bonds is 5. The quantitative estimate of drug-likeness (QED) is 0.608. The van der Waals surface area contributed by atoms with Crippen LogP contribution in [0, 0.1) is 13.8 Å². The van der Waals surface area contributed by atoms with Crippen molar-refractivity contribution in [1.29, 1.82) is 0 Å². The zero-order valence-corrected chi connectivity index (χ0v) is 17.0. The molecule has 0 N–H and O–H groups in total. The zero-order valence-electron chi connectivity index (χ0n) is 15.4. The molecule has 6 nitrogen and oxygen atoms in total. The first-order valence-electron chi connectivity index (χ1n) is 8.99. The molecule has 1 aliphatic rings. The number of nitrogens with zero attached hydrogens (tertiary/aromatic N) is 5. The first-order valence-corrected chi connectivity index (χ1v) is 10.4. The molecule has 3 aromatic rings. The fourth-order valence-electron chi connectivity index (χ4n) is 3.35. The number of thioether (sulfide) groups is 1. The maximum Gasteiger partial charge on any atom is 0.256 e. The average Bonchev–Trinajstić information content (AvgIpc) is 3.05. The Hall–Kier alpha value is -1.67. The number of halogens is 1. The summed E-state index contributed by atoms with van der Waals surface area (Å²) in [7, 11) is 0. The summed E-state index contributed by atoms with van der Waals surface area (Å²) in [5.74, 6) is 1.48. The van der Waals surface area contributed by atoms with Crippen molar-refractivity contribution in [2.24, 2.45) is 0 Å². The molecule has 0 bridgehead atoms. The molecule has 142 valence electrons. The summed E-state index contributed by atoms with van der Waals surface area (Å²) in [6.45, 7) is 7.40. The van der Waals surface area contributed by atoms with Crippen molar-refractivity contribution in [2.45, 2.75) is 31.7 Å². The fourth-order valence-corrected chi connectivity index (χ4v) is 4.54. The lowest BCUT2D eigenvalue weighted by Gasteiger charge is -2.32. The molecule has 1 fully saturated rings. The van der Waals surface area contributed by atoms with Crippen LogP contribution in [0.25, 0.3) is 5.78 Å². The Bertz CT molecular complexity index is 947. The molecule has 0 amide bonds. The summed E-state index contributed by atoms with van der Waals surface area (Å²) in [6, 6.07) is 10.1. The van der Waals surface area contributed by atoms with Crippen LogP contribution in [0.5, 0.6) is 0 Å². The summed E-state index contributed by atoms with van der Waals surface area (Å²) in [6.07, 6.45) is 0.150. The van der Waals surface area contributed by atoms with Crippen LogP contribution in [0.4, 0.5) is 0 Å². The molecular weight excluding hydrogens is 382 g/mol. The van der Waals surface area contributed by atoms with E-state index in [0.717, 1.165) is 59.1 Å². The Morgan fingerprint density at radius 1 is 1.26 bits per heavy atom. The summed E-state index contributed by atoms with van der Waals surface area (Å²) in [4.78, 5) is 6.84. The summed E-state index contributed by atoms with van der Waals surface area (Å²) >= 11 is 7.97. The molecule has 0 aliphatic carbocycles. The lowest BCUT2D eigenvalue weighted by atomic mass is 10.2. The zero-order chi connectivity index (χ0) is 18.8. The van der Waals surface area contributed by atoms with Gasteiger partial charge < -0.3 is 4.74 Å². The van der Waals surface area contributed by atoms with Crippen LogP contribution in [0.15, 0.2) is 35.5 Å². The number of aryl methyl sites for hydroxylation is 2. The minimum atomic E-state index is 0.150. The van der Waals surface area contributed by atoms with E-state index in [9.17, 15) is 0 Å². The largest absolute Gasteiger partial charge is 0.375 e. The second kappa shape index (κ2) is 8.14. The van der Waals surface area contributed by atoms with Gasteiger partial charge in [0.15, 0.2) is 5.16 Å². The van der Waals surface area contributed by atoms with E-state index in [-0.39, 0.29) is 6.10 Å². The molecule has 0 spiro atoms. The standard InChI is InChI=1S/C19H22ClN5OS/c1-13-9-14(2)25-18(21-13)22-23-19(25)27-12-16-11-24(7-8-26-16)10-15-5-3-4-6-17(15)20/h3-6,9,16H,7-8,10-12H2,1-2H3/t16-/m0/s1. The molecule has 0 unspecified atom stereocenters. The van der Waals surface area contributed by atoms with Crippen molar-refractivity contribution in [3.8, 4) is 0 Å². The fraction of sp³-hybridized carbons (Fsp3) is 0.421. The first-order chi connectivity index (χ1) is 13.1. The van der Waals surface area contributed by atoms with Crippen molar-refractivity contribution >= 4 is 29.1 Å². The van der Waals surface area contributed by atoms with Crippen LogP contribution < -0.4 is 0 Å². The molecule has 1 saturated heterocycles. The minimum absolute atomic E-state index is 0.150. The third-order valence-corrected chi connectivity index (χ3v) is 6.07. The summed E-state index contributed by atoms with van der Waals surface area (Å²) in [5, 5.41) is 10.2. The van der Waals surface area contributed by atoms with Gasteiger partial charge in [-0.2, -0.15) is 0 Å². The van der Waals surface area contributed by atoms with Crippen molar-refractivity contribution in [3.05, 3.63) is 52.3 Å². The van der Waals surface area contributed by atoms with Gasteiger partial charge in [-0.3, -0.25) is 9.30 Å². The highest BCUT2D eigenvalue weighted by Gasteiger charge is 2.22. The average molecular weight is 404 g/mol. The molecule has 1 aromatic carbocycles. The number of hydrogen-bond acceptors (Lipinski definition) is 6. The Kier molecular flexibility index (Phi) is 5.63. The van der Waals surface area contributed by atoms with Gasteiger partial charge in [0.2, 0.25) is 0 Å². The van der Waals surface area contributed by atoms with Crippen molar-refractivity contribution in [2.75, 3.05) is 25.4 Å². The van der Waals surface area contributed by atoms with Gasteiger partial charge in [-0.1, -0.05) is 41.6 Å². The number of hydrogen-bond donors (Lipinski definition) is 0. The molecule has 27 heavy (non-hydrogen) atoms. The molecule has 3 heterocycles. The van der Waals surface area contributed by atoms with Crippen LogP contribution in [-0.2, 0) is 11.3 Å². The summed E-state index contributed by atoms with van der Waals surface area (Å²) < 4.78 is 7.97. The molecule has 0 saturated carbocycles. The minimum Gasteiger partial charge on any atom is -0.375 e. The van der Waals surface area contributed by atoms with Gasteiger partial charge in [-0.05, 0) is 31.5 Å². The lowest BCUT2D eigenvalue weighted by Crippen LogP contribution is -2.43. The van der Waals surface area contributed by atoms with Gasteiger partial charge in [0.05, 0.1) is 12.7 Å². The van der Waals surface area contributed by atoms with E-state index in [1.807, 2.05) is 35.6 Å². The van der Waals surface area contributed by atoms with E-state index in [0.29, 0.717) is 5.78 Å². The number of benzene rings is 1. The van der Waals surface area contributed by atoms with Gasteiger partial charge in [0.25, 0.3) is 5.78 Å². The van der Waals surface area contributed by atoms with Crippen molar-refractivity contribution in [1.82, 2.24) is 24.5 Å². The Balaban J connectivity index is 1.39. The van der Waals surface area contributed by atoms with E-state index in [4.69, 9.17) is 16.3 Å². The second-order valence-electron chi connectivity index (χ2n) is 6.79. The van der Waals surface area contributed by atoms with E-state index < -0.39 is 0 Å². The number of ether oxygens (including phenoxy) is 1.